The Labute approximate surface area is 129 Å². The van der Waals surface area contributed by atoms with Gasteiger partial charge in [0.1, 0.15) is 18.5 Å². The summed E-state index contributed by atoms with van der Waals surface area (Å²) in [6.07, 6.45) is 0.638. The van der Waals surface area contributed by atoms with E-state index in [1.54, 1.807) is 0 Å². The molecule has 116 valence electrons. The summed E-state index contributed by atoms with van der Waals surface area (Å²) in [5, 5.41) is 13.0. The lowest BCUT2D eigenvalue weighted by atomic mass is 9.99. The average molecular weight is 302 g/mol. The molecule has 1 aromatic rings. The van der Waals surface area contributed by atoms with Gasteiger partial charge < -0.3 is 15.2 Å². The van der Waals surface area contributed by atoms with E-state index in [0.29, 0.717) is 25.1 Å². The van der Waals surface area contributed by atoms with Crippen LogP contribution in [0.2, 0.25) is 0 Å². The maximum Gasteiger partial charge on any atom is 0.119 e. The molecule has 0 amide bonds. The summed E-state index contributed by atoms with van der Waals surface area (Å²) in [5.74, 6) is 1.37. The van der Waals surface area contributed by atoms with Crippen LogP contribution in [-0.4, -0.2) is 30.4 Å². The lowest BCUT2D eigenvalue weighted by molar-refractivity contribution is 0.104. The normalized spacial score (nSPS) is 13.7. The molecule has 0 saturated heterocycles. The van der Waals surface area contributed by atoms with Crippen LogP contribution >= 0.6 is 12.4 Å². The highest BCUT2D eigenvalue weighted by molar-refractivity contribution is 5.85. The Kier molecular flexibility index (Phi) is 9.64. The Morgan fingerprint density at radius 3 is 2.55 bits per heavy atom. The van der Waals surface area contributed by atoms with Gasteiger partial charge >= 0.3 is 0 Å². The van der Waals surface area contributed by atoms with Crippen LogP contribution in [0.5, 0.6) is 5.75 Å². The molecule has 0 aliphatic rings. The fraction of sp³-hybridized carbons (Fsp3) is 0.625. The molecule has 2 N–H and O–H groups in total. The van der Waals surface area contributed by atoms with Crippen molar-refractivity contribution in [3.8, 4) is 5.75 Å². The van der Waals surface area contributed by atoms with E-state index >= 15 is 0 Å². The number of benzene rings is 1. The van der Waals surface area contributed by atoms with Gasteiger partial charge in [-0.2, -0.15) is 0 Å². The van der Waals surface area contributed by atoms with Crippen molar-refractivity contribution >= 4 is 12.4 Å². The molecular weight excluding hydrogens is 274 g/mol. The SMILES string of the molecule is CCC(C)c1cccc(OCC(O)CNC(C)C)c1.Cl. The molecule has 0 aliphatic heterocycles. The van der Waals surface area contributed by atoms with Crippen LogP contribution in [0.1, 0.15) is 45.6 Å². The fourth-order valence-electron chi connectivity index (χ4n) is 1.77. The Morgan fingerprint density at radius 2 is 1.95 bits per heavy atom. The number of halogens is 1. The number of hydrogen-bond donors (Lipinski definition) is 2. The molecule has 2 unspecified atom stereocenters. The average Bonchev–Trinajstić information content (AvgIpc) is 2.42. The van der Waals surface area contributed by atoms with Crippen LogP contribution < -0.4 is 10.1 Å². The molecule has 1 aromatic carbocycles. The van der Waals surface area contributed by atoms with Crippen molar-refractivity contribution in [1.29, 1.82) is 0 Å². The molecule has 3 nitrogen and oxygen atoms in total. The molecular formula is C16H28ClNO2. The summed E-state index contributed by atoms with van der Waals surface area (Å²) in [6.45, 7) is 9.39. The minimum Gasteiger partial charge on any atom is -0.491 e. The predicted octanol–water partition coefficient (Wildman–Crippen LogP) is 3.36. The number of hydrogen-bond acceptors (Lipinski definition) is 3. The maximum atomic E-state index is 9.80. The quantitative estimate of drug-likeness (QED) is 0.773. The zero-order valence-electron chi connectivity index (χ0n) is 12.9. The monoisotopic (exact) mass is 301 g/mol. The molecule has 4 heteroatoms. The third-order valence-electron chi connectivity index (χ3n) is 3.24. The van der Waals surface area contributed by atoms with Gasteiger partial charge in [0.2, 0.25) is 0 Å². The summed E-state index contributed by atoms with van der Waals surface area (Å²) >= 11 is 0. The van der Waals surface area contributed by atoms with Gasteiger partial charge in [-0.05, 0) is 30.0 Å². The van der Waals surface area contributed by atoms with Crippen molar-refractivity contribution in [1.82, 2.24) is 5.32 Å². The van der Waals surface area contributed by atoms with E-state index in [-0.39, 0.29) is 12.4 Å². The molecule has 0 radical (unpaired) electrons. The summed E-state index contributed by atoms with van der Waals surface area (Å²) < 4.78 is 5.65. The van der Waals surface area contributed by atoms with E-state index in [4.69, 9.17) is 4.74 Å². The predicted molar refractivity (Wildman–Crippen MR) is 87.0 cm³/mol. The van der Waals surface area contributed by atoms with Gasteiger partial charge in [0, 0.05) is 12.6 Å². The highest BCUT2D eigenvalue weighted by Gasteiger charge is 2.07. The molecule has 0 aliphatic carbocycles. The first-order chi connectivity index (χ1) is 9.02. The topological polar surface area (TPSA) is 41.5 Å². The minimum absolute atomic E-state index is 0. The molecule has 2 atom stereocenters. The Morgan fingerprint density at radius 1 is 1.25 bits per heavy atom. The van der Waals surface area contributed by atoms with Crippen LogP contribution in [0.4, 0.5) is 0 Å². The Bertz CT molecular complexity index is 371. The molecule has 0 aromatic heterocycles. The zero-order valence-corrected chi connectivity index (χ0v) is 13.7. The van der Waals surface area contributed by atoms with Gasteiger partial charge in [0.05, 0.1) is 0 Å². The smallest absolute Gasteiger partial charge is 0.119 e. The number of ether oxygens (including phenoxy) is 1. The first kappa shape index (κ1) is 19.2. The van der Waals surface area contributed by atoms with E-state index < -0.39 is 6.10 Å². The largest absolute Gasteiger partial charge is 0.491 e. The lowest BCUT2D eigenvalue weighted by Gasteiger charge is -2.16. The molecule has 0 bridgehead atoms. The first-order valence-electron chi connectivity index (χ1n) is 7.17. The van der Waals surface area contributed by atoms with Gasteiger partial charge in [-0.1, -0.05) is 39.8 Å². The lowest BCUT2D eigenvalue weighted by Crippen LogP contribution is -2.35. The van der Waals surface area contributed by atoms with Crippen LogP contribution in [0.25, 0.3) is 0 Å². The second-order valence-corrected chi connectivity index (χ2v) is 5.41. The molecule has 1 rings (SSSR count). The van der Waals surface area contributed by atoms with E-state index in [2.05, 4.69) is 45.1 Å². The highest BCUT2D eigenvalue weighted by Crippen LogP contribution is 2.22. The molecule has 0 fully saturated rings. The Hall–Kier alpha value is -0.770. The number of aliphatic hydroxyl groups excluding tert-OH is 1. The van der Waals surface area contributed by atoms with Crippen molar-refractivity contribution in [3.05, 3.63) is 29.8 Å². The van der Waals surface area contributed by atoms with Crippen molar-refractivity contribution in [3.63, 3.8) is 0 Å². The molecule has 20 heavy (non-hydrogen) atoms. The third-order valence-corrected chi connectivity index (χ3v) is 3.24. The van der Waals surface area contributed by atoms with E-state index in [0.717, 1.165) is 12.2 Å². The van der Waals surface area contributed by atoms with Gasteiger partial charge in [0.15, 0.2) is 0 Å². The van der Waals surface area contributed by atoms with E-state index in [1.165, 1.54) is 5.56 Å². The number of rotatable bonds is 8. The second-order valence-electron chi connectivity index (χ2n) is 5.41. The standard InChI is InChI=1S/C16H27NO2.ClH/c1-5-13(4)14-7-6-8-16(9-14)19-11-15(18)10-17-12(2)3;/h6-9,12-13,15,17-18H,5,10-11H2,1-4H3;1H. The molecule has 0 heterocycles. The number of nitrogens with one attached hydrogen (secondary N) is 1. The summed E-state index contributed by atoms with van der Waals surface area (Å²) in [7, 11) is 0. The summed E-state index contributed by atoms with van der Waals surface area (Å²) in [6, 6.07) is 8.52. The summed E-state index contributed by atoms with van der Waals surface area (Å²) in [4.78, 5) is 0. The third kappa shape index (κ3) is 7.13. The van der Waals surface area contributed by atoms with Crippen molar-refractivity contribution in [2.45, 2.75) is 52.2 Å². The first-order valence-corrected chi connectivity index (χ1v) is 7.17. The van der Waals surface area contributed by atoms with Crippen molar-refractivity contribution < 1.29 is 9.84 Å². The van der Waals surface area contributed by atoms with Gasteiger partial charge in [-0.25, -0.2) is 0 Å². The fourth-order valence-corrected chi connectivity index (χ4v) is 1.77. The zero-order chi connectivity index (χ0) is 14.3. The number of aliphatic hydroxyl groups is 1. The molecule has 0 spiro atoms. The second kappa shape index (κ2) is 10.0. The van der Waals surface area contributed by atoms with Gasteiger partial charge in [0.25, 0.3) is 0 Å². The summed E-state index contributed by atoms with van der Waals surface area (Å²) in [5.41, 5.74) is 1.29. The molecule has 0 saturated carbocycles. The van der Waals surface area contributed by atoms with Gasteiger partial charge in [-0.3, -0.25) is 0 Å². The minimum atomic E-state index is -0.477. The van der Waals surface area contributed by atoms with E-state index in [9.17, 15) is 5.11 Å². The van der Waals surface area contributed by atoms with Gasteiger partial charge in [-0.15, -0.1) is 12.4 Å². The van der Waals surface area contributed by atoms with Crippen LogP contribution in [0, 0.1) is 0 Å². The van der Waals surface area contributed by atoms with Crippen molar-refractivity contribution in [2.75, 3.05) is 13.2 Å². The van der Waals surface area contributed by atoms with Crippen molar-refractivity contribution in [2.24, 2.45) is 0 Å². The van der Waals surface area contributed by atoms with Crippen LogP contribution in [0.3, 0.4) is 0 Å². The maximum absolute atomic E-state index is 9.80. The Balaban J connectivity index is 0.00000361. The van der Waals surface area contributed by atoms with E-state index in [1.807, 2.05) is 12.1 Å². The highest BCUT2D eigenvalue weighted by atomic mass is 35.5. The van der Waals surface area contributed by atoms with Crippen LogP contribution in [0.15, 0.2) is 24.3 Å². The van der Waals surface area contributed by atoms with Crippen LogP contribution in [-0.2, 0) is 0 Å².